The number of nitrogens with zero attached hydrogens (tertiary/aromatic N) is 5. The molecular formula is C20H25N7O. The molecule has 8 nitrogen and oxygen atoms in total. The summed E-state index contributed by atoms with van der Waals surface area (Å²) in [5, 5.41) is 15.8. The fourth-order valence-corrected chi connectivity index (χ4v) is 4.73. The van der Waals surface area contributed by atoms with Gasteiger partial charge in [0, 0.05) is 54.4 Å². The molecule has 0 saturated carbocycles. The molecule has 2 aliphatic rings. The van der Waals surface area contributed by atoms with Crippen molar-refractivity contribution in [2.24, 2.45) is 0 Å². The van der Waals surface area contributed by atoms with Gasteiger partial charge in [0.05, 0.1) is 11.9 Å². The number of amides is 2. The maximum atomic E-state index is 12.2. The maximum Gasteiger partial charge on any atom is 0.317 e. The minimum absolute atomic E-state index is 0.0573. The zero-order valence-corrected chi connectivity index (χ0v) is 16.1. The first-order valence-electron chi connectivity index (χ1n) is 10.1. The van der Waals surface area contributed by atoms with Crippen LogP contribution in [0.5, 0.6) is 0 Å². The Kier molecular flexibility index (Phi) is 4.07. The minimum Gasteiger partial charge on any atom is -0.338 e. The summed E-state index contributed by atoms with van der Waals surface area (Å²) in [5.74, 6) is 0. The van der Waals surface area contributed by atoms with E-state index in [1.54, 1.807) is 6.20 Å². The number of carbonyl (C=O) groups is 1. The van der Waals surface area contributed by atoms with Gasteiger partial charge in [0.15, 0.2) is 5.65 Å². The van der Waals surface area contributed by atoms with Gasteiger partial charge in [0.2, 0.25) is 0 Å². The third kappa shape index (κ3) is 2.75. The molecule has 8 heteroatoms. The number of fused-ring (bicyclic) bond motifs is 3. The lowest BCUT2D eigenvalue weighted by Gasteiger charge is -2.44. The van der Waals surface area contributed by atoms with Crippen LogP contribution in [0.15, 0.2) is 24.5 Å². The number of aryl methyl sites for hydroxylation is 1. The van der Waals surface area contributed by atoms with Crippen LogP contribution < -0.4 is 5.32 Å². The average molecular weight is 379 g/mol. The second kappa shape index (κ2) is 6.61. The van der Waals surface area contributed by atoms with E-state index in [1.165, 1.54) is 12.1 Å². The van der Waals surface area contributed by atoms with E-state index in [2.05, 4.69) is 37.3 Å². The molecule has 0 atom stereocenters. The summed E-state index contributed by atoms with van der Waals surface area (Å²) < 4.78 is 2.18. The van der Waals surface area contributed by atoms with Crippen LogP contribution in [-0.2, 0) is 12.0 Å². The summed E-state index contributed by atoms with van der Waals surface area (Å²) in [6.07, 6.45) is 7.94. The van der Waals surface area contributed by atoms with E-state index in [4.69, 9.17) is 5.10 Å². The van der Waals surface area contributed by atoms with Gasteiger partial charge in [-0.2, -0.15) is 10.2 Å². The highest BCUT2D eigenvalue weighted by atomic mass is 16.2. The van der Waals surface area contributed by atoms with Crippen LogP contribution in [0.2, 0.25) is 0 Å². The molecule has 2 N–H and O–H groups in total. The third-order valence-corrected chi connectivity index (χ3v) is 6.27. The van der Waals surface area contributed by atoms with Crippen molar-refractivity contribution in [2.45, 2.75) is 44.6 Å². The van der Waals surface area contributed by atoms with Crippen molar-refractivity contribution < 1.29 is 4.79 Å². The van der Waals surface area contributed by atoms with E-state index < -0.39 is 0 Å². The van der Waals surface area contributed by atoms with Crippen LogP contribution in [0.4, 0.5) is 4.79 Å². The number of nitrogens with one attached hydrogen (secondary N) is 2. The number of hydrogen-bond donors (Lipinski definition) is 2. The molecule has 146 valence electrons. The molecule has 0 aromatic carbocycles. The molecule has 0 unspecified atom stereocenters. The Morgan fingerprint density at radius 3 is 2.89 bits per heavy atom. The van der Waals surface area contributed by atoms with Crippen LogP contribution in [0, 0.1) is 0 Å². The minimum atomic E-state index is 0.0573. The molecule has 1 spiro atoms. The van der Waals surface area contributed by atoms with Gasteiger partial charge in [-0.3, -0.25) is 9.78 Å². The van der Waals surface area contributed by atoms with E-state index in [1.807, 2.05) is 18.0 Å². The Morgan fingerprint density at radius 2 is 2.07 bits per heavy atom. The summed E-state index contributed by atoms with van der Waals surface area (Å²) in [4.78, 5) is 18.6. The quantitative estimate of drug-likeness (QED) is 0.716. The molecule has 3 aromatic rings. The summed E-state index contributed by atoms with van der Waals surface area (Å²) in [6.45, 7) is 5.19. The lowest BCUT2D eigenvalue weighted by Crippen LogP contribution is -2.50. The Labute approximate surface area is 163 Å². The molecule has 3 aromatic heterocycles. The molecule has 28 heavy (non-hydrogen) atoms. The molecule has 0 bridgehead atoms. The average Bonchev–Trinajstić information content (AvgIpc) is 3.36. The molecule has 1 saturated heterocycles. The SMILES string of the molecule is CCNC(=O)N1CCC2(CCCn3nc(-c4cnc5[nH]ncc5c4)cc32)CC1. The van der Waals surface area contributed by atoms with Gasteiger partial charge in [0.1, 0.15) is 0 Å². The molecule has 0 radical (unpaired) electrons. The smallest absolute Gasteiger partial charge is 0.317 e. The number of aromatic nitrogens is 5. The summed E-state index contributed by atoms with van der Waals surface area (Å²) >= 11 is 0. The molecule has 1 fully saturated rings. The van der Waals surface area contributed by atoms with Crippen LogP contribution in [-0.4, -0.2) is 55.5 Å². The molecular weight excluding hydrogens is 354 g/mol. The normalized spacial score (nSPS) is 18.4. The van der Waals surface area contributed by atoms with E-state index in [9.17, 15) is 4.79 Å². The largest absolute Gasteiger partial charge is 0.338 e. The Morgan fingerprint density at radius 1 is 1.21 bits per heavy atom. The molecule has 2 amide bonds. The number of H-pyrrole nitrogens is 1. The number of hydrogen-bond acceptors (Lipinski definition) is 4. The summed E-state index contributed by atoms with van der Waals surface area (Å²) in [5.41, 5.74) is 4.22. The van der Waals surface area contributed by atoms with Crippen molar-refractivity contribution in [1.82, 2.24) is 35.2 Å². The topological polar surface area (TPSA) is 91.7 Å². The fraction of sp³-hybridized carbons (Fsp3) is 0.500. The first-order valence-corrected chi connectivity index (χ1v) is 10.1. The highest BCUT2D eigenvalue weighted by Crippen LogP contribution is 2.43. The van der Waals surface area contributed by atoms with Gasteiger partial charge in [-0.1, -0.05) is 0 Å². The summed E-state index contributed by atoms with van der Waals surface area (Å²) in [7, 11) is 0. The number of piperidine rings is 1. The first kappa shape index (κ1) is 17.2. The second-order valence-electron chi connectivity index (χ2n) is 7.88. The van der Waals surface area contributed by atoms with Gasteiger partial charge >= 0.3 is 6.03 Å². The van der Waals surface area contributed by atoms with Crippen LogP contribution >= 0.6 is 0 Å². The summed E-state index contributed by atoms with van der Waals surface area (Å²) in [6, 6.07) is 4.39. The molecule has 5 rings (SSSR count). The van der Waals surface area contributed by atoms with Crippen LogP contribution in [0.1, 0.15) is 38.3 Å². The number of pyridine rings is 1. The Balaban J connectivity index is 1.43. The second-order valence-corrected chi connectivity index (χ2v) is 7.88. The van der Waals surface area contributed by atoms with Gasteiger partial charge in [-0.25, -0.2) is 9.78 Å². The van der Waals surface area contributed by atoms with Crippen molar-refractivity contribution >= 4 is 17.1 Å². The number of urea groups is 1. The lowest BCUT2D eigenvalue weighted by atomic mass is 9.70. The maximum absolute atomic E-state index is 12.2. The van der Waals surface area contributed by atoms with E-state index in [0.29, 0.717) is 6.54 Å². The fourth-order valence-electron chi connectivity index (χ4n) is 4.73. The van der Waals surface area contributed by atoms with Gasteiger partial charge in [-0.15, -0.1) is 0 Å². The zero-order chi connectivity index (χ0) is 19.1. The third-order valence-electron chi connectivity index (χ3n) is 6.27. The van der Waals surface area contributed by atoms with Crippen molar-refractivity contribution in [2.75, 3.05) is 19.6 Å². The zero-order valence-electron chi connectivity index (χ0n) is 16.1. The molecule has 5 heterocycles. The highest BCUT2D eigenvalue weighted by Gasteiger charge is 2.41. The van der Waals surface area contributed by atoms with Crippen molar-refractivity contribution in [3.63, 3.8) is 0 Å². The van der Waals surface area contributed by atoms with Crippen molar-refractivity contribution in [3.8, 4) is 11.3 Å². The van der Waals surface area contributed by atoms with E-state index in [-0.39, 0.29) is 11.4 Å². The Hall–Kier alpha value is -2.90. The van der Waals surface area contributed by atoms with E-state index in [0.717, 1.165) is 61.2 Å². The van der Waals surface area contributed by atoms with Gasteiger partial charge in [-0.05, 0) is 44.7 Å². The van der Waals surface area contributed by atoms with Crippen molar-refractivity contribution in [1.29, 1.82) is 0 Å². The highest BCUT2D eigenvalue weighted by molar-refractivity contribution is 5.79. The standard InChI is InChI=1S/C20H25N7O/c1-2-21-19(28)26-8-5-20(6-9-26)4-3-7-27-17(20)11-16(25-27)14-10-15-13-23-24-18(15)22-12-14/h10-13H,2-9H2,1H3,(H,21,28)(H,22,23,24). The van der Waals surface area contributed by atoms with Gasteiger partial charge in [0.25, 0.3) is 0 Å². The number of aromatic amines is 1. The number of likely N-dealkylation sites (tertiary alicyclic amines) is 1. The number of carbonyl (C=O) groups excluding carboxylic acids is 1. The van der Waals surface area contributed by atoms with Crippen molar-refractivity contribution in [3.05, 3.63) is 30.2 Å². The van der Waals surface area contributed by atoms with E-state index >= 15 is 0 Å². The monoisotopic (exact) mass is 379 g/mol. The van der Waals surface area contributed by atoms with Gasteiger partial charge < -0.3 is 10.2 Å². The molecule has 0 aliphatic carbocycles. The predicted molar refractivity (Wildman–Crippen MR) is 106 cm³/mol. The first-order chi connectivity index (χ1) is 13.7. The van der Waals surface area contributed by atoms with Crippen LogP contribution in [0.3, 0.4) is 0 Å². The Bertz CT molecular complexity index is 1010. The molecule has 2 aliphatic heterocycles. The number of rotatable bonds is 2. The van der Waals surface area contributed by atoms with Crippen LogP contribution in [0.25, 0.3) is 22.3 Å². The lowest BCUT2D eigenvalue weighted by molar-refractivity contribution is 0.139. The predicted octanol–water partition coefficient (Wildman–Crippen LogP) is 2.68.